The summed E-state index contributed by atoms with van der Waals surface area (Å²) >= 11 is 0. The fraction of sp³-hybridized carbons (Fsp3) is 0.333. The number of carbonyl (C=O) groups excluding carboxylic acids is 2. The summed E-state index contributed by atoms with van der Waals surface area (Å²) in [7, 11) is 0. The lowest BCUT2D eigenvalue weighted by molar-refractivity contribution is -0.162. The molecule has 0 heterocycles. The molecule has 16 heavy (non-hydrogen) atoms. The maximum Gasteiger partial charge on any atom is 0.345 e. The Balaban J connectivity index is 4.40. The van der Waals surface area contributed by atoms with E-state index in [0.29, 0.717) is 12.2 Å². The fourth-order valence-electron chi connectivity index (χ4n) is 0.759. The largest absolute Gasteiger partial charge is 0.478 e. The second-order valence-corrected chi connectivity index (χ2v) is 2.84. The number of carboxylic acid groups (broad SMARTS) is 2. The fourth-order valence-corrected chi connectivity index (χ4v) is 0.759. The number of ketones is 1. The Labute approximate surface area is 90.3 Å². The minimum absolute atomic E-state index is 0.456. The van der Waals surface area contributed by atoms with Crippen molar-refractivity contribution < 1.29 is 34.1 Å². The first-order valence-electron chi connectivity index (χ1n) is 4.16. The summed E-state index contributed by atoms with van der Waals surface area (Å²) in [6, 6.07) is 0. The van der Waals surface area contributed by atoms with E-state index in [1.165, 1.54) is 0 Å². The molecule has 0 aromatic heterocycles. The van der Waals surface area contributed by atoms with Crippen LogP contribution in [0.3, 0.4) is 0 Å². The number of carboxylic acids is 2. The monoisotopic (exact) mass is 230 g/mol. The van der Waals surface area contributed by atoms with E-state index in [-0.39, 0.29) is 0 Å². The molecule has 7 heteroatoms. The van der Waals surface area contributed by atoms with Crippen LogP contribution in [0.5, 0.6) is 0 Å². The molecule has 0 saturated carbocycles. The van der Waals surface area contributed by atoms with Crippen molar-refractivity contribution in [2.75, 3.05) is 0 Å². The van der Waals surface area contributed by atoms with Gasteiger partial charge in [-0.15, -0.1) is 0 Å². The second kappa shape index (κ2) is 6.33. The standard InChI is InChI=1S/C9H10O7/c1-5(10)4-6(9(14)15)16-8(13)3-2-7(11)12/h2-3,6H,4H2,1H3,(H,11,12)(H,14,15)/b3-2+/t6-/m0/s1. The third-order valence-electron chi connectivity index (χ3n) is 1.37. The van der Waals surface area contributed by atoms with Crippen molar-refractivity contribution in [3.8, 4) is 0 Å². The van der Waals surface area contributed by atoms with Crippen LogP contribution in [-0.2, 0) is 23.9 Å². The molecule has 0 aliphatic heterocycles. The summed E-state index contributed by atoms with van der Waals surface area (Å²) in [6.07, 6.45) is -0.974. The highest BCUT2D eigenvalue weighted by molar-refractivity contribution is 5.92. The highest BCUT2D eigenvalue weighted by Gasteiger charge is 2.22. The SMILES string of the molecule is CC(=O)C[C@H](OC(=O)/C=C/C(=O)O)C(=O)O. The van der Waals surface area contributed by atoms with Crippen molar-refractivity contribution in [2.45, 2.75) is 19.4 Å². The molecule has 0 spiro atoms. The molecule has 2 N–H and O–H groups in total. The summed E-state index contributed by atoms with van der Waals surface area (Å²) in [5, 5.41) is 16.8. The molecule has 0 bridgehead atoms. The van der Waals surface area contributed by atoms with Crippen LogP contribution in [-0.4, -0.2) is 40.0 Å². The maximum atomic E-state index is 10.9. The van der Waals surface area contributed by atoms with Crippen LogP contribution >= 0.6 is 0 Å². The van der Waals surface area contributed by atoms with Gasteiger partial charge in [0.15, 0.2) is 0 Å². The molecule has 0 saturated heterocycles. The van der Waals surface area contributed by atoms with Crippen LogP contribution in [0.1, 0.15) is 13.3 Å². The molecule has 0 rings (SSSR count). The van der Waals surface area contributed by atoms with Gasteiger partial charge in [0, 0.05) is 12.2 Å². The van der Waals surface area contributed by atoms with Crippen LogP contribution in [0, 0.1) is 0 Å². The Morgan fingerprint density at radius 2 is 1.75 bits per heavy atom. The molecule has 0 radical (unpaired) electrons. The Bertz CT molecular complexity index is 342. The van der Waals surface area contributed by atoms with E-state index in [1.807, 2.05) is 0 Å². The number of aliphatic carboxylic acids is 2. The summed E-state index contributed by atoms with van der Waals surface area (Å²) in [6.45, 7) is 1.15. The number of hydrogen-bond donors (Lipinski definition) is 2. The van der Waals surface area contributed by atoms with Crippen molar-refractivity contribution in [3.05, 3.63) is 12.2 Å². The van der Waals surface area contributed by atoms with Gasteiger partial charge in [0.05, 0.1) is 6.42 Å². The molecule has 0 aromatic carbocycles. The van der Waals surface area contributed by atoms with Crippen LogP contribution < -0.4 is 0 Å². The van der Waals surface area contributed by atoms with Gasteiger partial charge in [0.25, 0.3) is 0 Å². The zero-order valence-corrected chi connectivity index (χ0v) is 8.37. The highest BCUT2D eigenvalue weighted by Crippen LogP contribution is 2.01. The van der Waals surface area contributed by atoms with Crippen LogP contribution in [0.4, 0.5) is 0 Å². The van der Waals surface area contributed by atoms with Gasteiger partial charge in [-0.3, -0.25) is 4.79 Å². The van der Waals surface area contributed by atoms with Crippen molar-refractivity contribution in [2.24, 2.45) is 0 Å². The normalized spacial score (nSPS) is 12.1. The van der Waals surface area contributed by atoms with E-state index in [4.69, 9.17) is 10.2 Å². The Morgan fingerprint density at radius 3 is 2.12 bits per heavy atom. The maximum absolute atomic E-state index is 10.9. The van der Waals surface area contributed by atoms with E-state index in [9.17, 15) is 19.2 Å². The van der Waals surface area contributed by atoms with Gasteiger partial charge in [-0.1, -0.05) is 0 Å². The summed E-state index contributed by atoms with van der Waals surface area (Å²) < 4.78 is 4.36. The second-order valence-electron chi connectivity index (χ2n) is 2.84. The molecule has 0 amide bonds. The number of carbonyl (C=O) groups is 4. The Morgan fingerprint density at radius 1 is 1.19 bits per heavy atom. The molecule has 0 aliphatic carbocycles. The molecule has 1 atom stereocenters. The Hall–Kier alpha value is -2.18. The molecular weight excluding hydrogens is 220 g/mol. The van der Waals surface area contributed by atoms with Crippen molar-refractivity contribution in [3.63, 3.8) is 0 Å². The molecule has 88 valence electrons. The van der Waals surface area contributed by atoms with Crippen molar-refractivity contribution >= 4 is 23.7 Å². The van der Waals surface area contributed by atoms with E-state index in [0.717, 1.165) is 6.92 Å². The third-order valence-corrected chi connectivity index (χ3v) is 1.37. The van der Waals surface area contributed by atoms with Gasteiger partial charge in [-0.2, -0.15) is 0 Å². The van der Waals surface area contributed by atoms with Gasteiger partial charge in [0.2, 0.25) is 6.10 Å². The van der Waals surface area contributed by atoms with Gasteiger partial charge in [-0.25, -0.2) is 14.4 Å². The van der Waals surface area contributed by atoms with E-state index in [1.54, 1.807) is 0 Å². The number of hydrogen-bond acceptors (Lipinski definition) is 5. The average molecular weight is 230 g/mol. The molecule has 0 unspecified atom stereocenters. The minimum Gasteiger partial charge on any atom is -0.478 e. The summed E-state index contributed by atoms with van der Waals surface area (Å²) in [5.41, 5.74) is 0. The predicted molar refractivity (Wildman–Crippen MR) is 49.6 cm³/mol. The van der Waals surface area contributed by atoms with Gasteiger partial charge in [-0.05, 0) is 6.92 Å². The van der Waals surface area contributed by atoms with Crippen LogP contribution in [0.25, 0.3) is 0 Å². The first kappa shape index (κ1) is 13.8. The van der Waals surface area contributed by atoms with E-state index < -0.39 is 36.2 Å². The van der Waals surface area contributed by atoms with Crippen molar-refractivity contribution in [1.29, 1.82) is 0 Å². The van der Waals surface area contributed by atoms with Gasteiger partial charge < -0.3 is 14.9 Å². The predicted octanol–water partition coefficient (Wildman–Crippen LogP) is -0.397. The lowest BCUT2D eigenvalue weighted by Crippen LogP contribution is -2.28. The Kier molecular flexibility index (Phi) is 5.47. The number of esters is 1. The number of rotatable bonds is 6. The lowest BCUT2D eigenvalue weighted by atomic mass is 10.2. The topological polar surface area (TPSA) is 118 Å². The highest BCUT2D eigenvalue weighted by atomic mass is 16.6. The third kappa shape index (κ3) is 6.30. The average Bonchev–Trinajstić information content (AvgIpc) is 2.12. The van der Waals surface area contributed by atoms with Crippen LogP contribution in [0.2, 0.25) is 0 Å². The smallest absolute Gasteiger partial charge is 0.345 e. The van der Waals surface area contributed by atoms with Gasteiger partial charge in [0.1, 0.15) is 5.78 Å². The molecule has 0 aromatic rings. The molecule has 0 fully saturated rings. The van der Waals surface area contributed by atoms with Gasteiger partial charge >= 0.3 is 17.9 Å². The first-order chi connectivity index (χ1) is 7.32. The van der Waals surface area contributed by atoms with Crippen molar-refractivity contribution in [1.82, 2.24) is 0 Å². The summed E-state index contributed by atoms with van der Waals surface area (Å²) in [4.78, 5) is 42.1. The quantitative estimate of drug-likeness (QED) is 0.470. The summed E-state index contributed by atoms with van der Waals surface area (Å²) in [5.74, 6) is -4.42. The zero-order chi connectivity index (χ0) is 12.7. The lowest BCUT2D eigenvalue weighted by Gasteiger charge is -2.09. The number of Topliss-reactive ketones (excluding diaryl/α,β-unsaturated/α-hetero) is 1. The molecule has 7 nitrogen and oxygen atoms in total. The van der Waals surface area contributed by atoms with E-state index >= 15 is 0 Å². The first-order valence-corrected chi connectivity index (χ1v) is 4.16. The van der Waals surface area contributed by atoms with E-state index in [2.05, 4.69) is 4.74 Å². The van der Waals surface area contributed by atoms with Crippen LogP contribution in [0.15, 0.2) is 12.2 Å². The molecular formula is C9H10O7. The minimum atomic E-state index is -1.59. The number of ether oxygens (including phenoxy) is 1. The molecule has 0 aliphatic rings. The zero-order valence-electron chi connectivity index (χ0n) is 8.37.